The molecule has 0 aliphatic carbocycles. The van der Waals surface area contributed by atoms with Crippen LogP contribution < -0.4 is 14.8 Å². The lowest BCUT2D eigenvalue weighted by Gasteiger charge is -2.16. The Balaban J connectivity index is 2.08. The summed E-state index contributed by atoms with van der Waals surface area (Å²) in [6.07, 6.45) is -1.03. The molecule has 132 valence electrons. The van der Waals surface area contributed by atoms with Crippen molar-refractivity contribution in [2.24, 2.45) is 0 Å². The van der Waals surface area contributed by atoms with Gasteiger partial charge in [-0.2, -0.15) is 0 Å². The maximum absolute atomic E-state index is 12.3. The number of anilines is 1. The highest BCUT2D eigenvalue weighted by molar-refractivity contribution is 6.31. The average molecular weight is 364 g/mol. The number of methoxy groups -OCH3 is 2. The molecule has 2 aromatic carbocycles. The molecule has 0 unspecified atom stereocenters. The summed E-state index contributed by atoms with van der Waals surface area (Å²) in [5.41, 5.74) is 0.630. The van der Waals surface area contributed by atoms with E-state index in [1.807, 2.05) is 0 Å². The van der Waals surface area contributed by atoms with Crippen molar-refractivity contribution in [1.29, 1.82) is 0 Å². The topological polar surface area (TPSA) is 73.9 Å². The van der Waals surface area contributed by atoms with Crippen molar-refractivity contribution in [2.45, 2.75) is 13.0 Å². The number of hydrogen-bond donors (Lipinski definition) is 1. The van der Waals surface area contributed by atoms with Crippen LogP contribution in [-0.4, -0.2) is 32.2 Å². The van der Waals surface area contributed by atoms with Gasteiger partial charge in [0.05, 0.1) is 19.9 Å². The third kappa shape index (κ3) is 4.64. The van der Waals surface area contributed by atoms with Gasteiger partial charge in [-0.3, -0.25) is 4.79 Å². The maximum Gasteiger partial charge on any atom is 0.342 e. The quantitative estimate of drug-likeness (QED) is 0.794. The van der Waals surface area contributed by atoms with Gasteiger partial charge in [-0.1, -0.05) is 23.7 Å². The Kier molecular flexibility index (Phi) is 6.25. The summed E-state index contributed by atoms with van der Waals surface area (Å²) in [4.78, 5) is 24.6. The summed E-state index contributed by atoms with van der Waals surface area (Å²) in [7, 11) is 2.93. The van der Waals surface area contributed by atoms with Gasteiger partial charge in [0.1, 0.15) is 17.1 Å². The first-order valence-electron chi connectivity index (χ1n) is 7.44. The Morgan fingerprint density at radius 2 is 1.72 bits per heavy atom. The van der Waals surface area contributed by atoms with E-state index in [2.05, 4.69) is 5.32 Å². The molecular weight excluding hydrogens is 346 g/mol. The number of esters is 1. The number of carbonyl (C=O) groups excluding carboxylic acids is 2. The third-order valence-corrected chi connectivity index (χ3v) is 3.63. The first-order chi connectivity index (χ1) is 12.0. The van der Waals surface area contributed by atoms with Crippen LogP contribution in [0.25, 0.3) is 0 Å². The van der Waals surface area contributed by atoms with Crippen LogP contribution in [0.2, 0.25) is 5.02 Å². The number of rotatable bonds is 6. The Bertz CT molecular complexity index is 778. The number of halogens is 1. The molecule has 1 atom stereocenters. The number of hydrogen-bond acceptors (Lipinski definition) is 5. The van der Waals surface area contributed by atoms with Crippen LogP contribution in [0.3, 0.4) is 0 Å². The zero-order valence-corrected chi connectivity index (χ0v) is 14.8. The first-order valence-corrected chi connectivity index (χ1v) is 7.82. The van der Waals surface area contributed by atoms with Crippen LogP contribution in [-0.2, 0) is 9.53 Å². The molecule has 0 heterocycles. The number of nitrogens with one attached hydrogen (secondary N) is 1. The lowest BCUT2D eigenvalue weighted by Crippen LogP contribution is -2.30. The van der Waals surface area contributed by atoms with Crippen LogP contribution in [0.15, 0.2) is 42.5 Å². The molecule has 0 saturated carbocycles. The van der Waals surface area contributed by atoms with Gasteiger partial charge in [0.25, 0.3) is 5.91 Å². The molecule has 7 heteroatoms. The fraction of sp³-hybridized carbons (Fsp3) is 0.222. The normalized spacial score (nSPS) is 11.4. The largest absolute Gasteiger partial charge is 0.496 e. The van der Waals surface area contributed by atoms with E-state index in [9.17, 15) is 9.59 Å². The molecule has 2 rings (SSSR count). The van der Waals surface area contributed by atoms with E-state index < -0.39 is 18.0 Å². The molecule has 1 N–H and O–H groups in total. The van der Waals surface area contributed by atoms with Crippen molar-refractivity contribution in [2.75, 3.05) is 19.5 Å². The SMILES string of the molecule is COc1ccccc1NC(=O)[C@H](C)OC(=O)c1cc(Cl)ccc1OC. The second-order valence-corrected chi connectivity index (χ2v) is 5.52. The van der Waals surface area contributed by atoms with E-state index >= 15 is 0 Å². The van der Waals surface area contributed by atoms with Crippen LogP contribution in [0.4, 0.5) is 5.69 Å². The summed E-state index contributed by atoms with van der Waals surface area (Å²) < 4.78 is 15.5. The van der Waals surface area contributed by atoms with E-state index in [0.29, 0.717) is 22.2 Å². The number of ether oxygens (including phenoxy) is 3. The standard InChI is InChI=1S/C18H18ClNO5/c1-11(17(21)20-14-6-4-5-7-16(14)24-3)25-18(22)13-10-12(19)8-9-15(13)23-2/h4-11H,1-3H3,(H,20,21)/t11-/m0/s1. The van der Waals surface area contributed by atoms with Gasteiger partial charge in [-0.25, -0.2) is 4.79 Å². The molecular formula is C18H18ClNO5. The highest BCUT2D eigenvalue weighted by atomic mass is 35.5. The van der Waals surface area contributed by atoms with Crippen LogP contribution in [0.5, 0.6) is 11.5 Å². The minimum atomic E-state index is -1.03. The zero-order valence-electron chi connectivity index (χ0n) is 14.0. The van der Waals surface area contributed by atoms with Crippen LogP contribution >= 0.6 is 11.6 Å². The summed E-state index contributed by atoms with van der Waals surface area (Å²) in [6.45, 7) is 1.47. The molecule has 0 spiro atoms. The molecule has 1 amide bonds. The van der Waals surface area contributed by atoms with E-state index in [4.69, 9.17) is 25.8 Å². The molecule has 0 fully saturated rings. The highest BCUT2D eigenvalue weighted by Gasteiger charge is 2.22. The van der Waals surface area contributed by atoms with Gasteiger partial charge >= 0.3 is 5.97 Å². The predicted molar refractivity (Wildman–Crippen MR) is 94.5 cm³/mol. The summed E-state index contributed by atoms with van der Waals surface area (Å²) in [5.74, 6) is -0.376. The van der Waals surface area contributed by atoms with E-state index in [0.717, 1.165) is 0 Å². The van der Waals surface area contributed by atoms with Crippen molar-refractivity contribution in [3.63, 3.8) is 0 Å². The summed E-state index contributed by atoms with van der Waals surface area (Å²) in [6, 6.07) is 11.5. The number of carbonyl (C=O) groups is 2. The van der Waals surface area contributed by atoms with Gasteiger partial charge in [0.15, 0.2) is 6.10 Å². The lowest BCUT2D eigenvalue weighted by atomic mass is 10.2. The van der Waals surface area contributed by atoms with Crippen molar-refractivity contribution in [3.05, 3.63) is 53.1 Å². The summed E-state index contributed by atoms with van der Waals surface area (Å²) in [5, 5.41) is 3.02. The zero-order chi connectivity index (χ0) is 18.4. The predicted octanol–water partition coefficient (Wildman–Crippen LogP) is 3.54. The Morgan fingerprint density at radius 3 is 2.40 bits per heavy atom. The molecule has 0 saturated heterocycles. The highest BCUT2D eigenvalue weighted by Crippen LogP contribution is 2.25. The Labute approximate surface area is 150 Å². The average Bonchev–Trinajstić information content (AvgIpc) is 2.61. The monoisotopic (exact) mass is 363 g/mol. The van der Waals surface area contributed by atoms with Gasteiger partial charge < -0.3 is 19.5 Å². The second-order valence-electron chi connectivity index (χ2n) is 5.08. The molecule has 0 aliphatic rings. The summed E-state index contributed by atoms with van der Waals surface area (Å²) >= 11 is 5.90. The number of benzene rings is 2. The van der Waals surface area contributed by atoms with Crippen LogP contribution in [0, 0.1) is 0 Å². The second kappa shape index (κ2) is 8.39. The molecule has 6 nitrogen and oxygen atoms in total. The van der Waals surface area contributed by atoms with Gasteiger partial charge in [0.2, 0.25) is 0 Å². The fourth-order valence-corrected chi connectivity index (χ4v) is 2.27. The van der Waals surface area contributed by atoms with Crippen LogP contribution in [0.1, 0.15) is 17.3 Å². The van der Waals surface area contributed by atoms with Crippen molar-refractivity contribution < 1.29 is 23.8 Å². The molecule has 0 aliphatic heterocycles. The maximum atomic E-state index is 12.3. The van der Waals surface area contributed by atoms with E-state index in [1.54, 1.807) is 36.4 Å². The molecule has 2 aromatic rings. The number of para-hydroxylation sites is 2. The van der Waals surface area contributed by atoms with Crippen molar-refractivity contribution >= 4 is 29.2 Å². The molecule has 0 aromatic heterocycles. The van der Waals surface area contributed by atoms with E-state index in [-0.39, 0.29) is 5.56 Å². The minimum Gasteiger partial charge on any atom is -0.496 e. The number of amides is 1. The Morgan fingerprint density at radius 1 is 1.04 bits per heavy atom. The minimum absolute atomic E-state index is 0.145. The third-order valence-electron chi connectivity index (χ3n) is 3.40. The molecule has 25 heavy (non-hydrogen) atoms. The fourth-order valence-electron chi connectivity index (χ4n) is 2.10. The Hall–Kier alpha value is -2.73. The lowest BCUT2D eigenvalue weighted by molar-refractivity contribution is -0.123. The van der Waals surface area contributed by atoms with Gasteiger partial charge in [-0.05, 0) is 37.3 Å². The molecule has 0 radical (unpaired) electrons. The van der Waals surface area contributed by atoms with Crippen molar-refractivity contribution in [3.8, 4) is 11.5 Å². The van der Waals surface area contributed by atoms with E-state index in [1.165, 1.54) is 27.2 Å². The van der Waals surface area contributed by atoms with Gasteiger partial charge in [-0.15, -0.1) is 0 Å². The first kappa shape index (κ1) is 18.6. The van der Waals surface area contributed by atoms with Gasteiger partial charge in [0, 0.05) is 5.02 Å². The smallest absolute Gasteiger partial charge is 0.342 e. The van der Waals surface area contributed by atoms with Crippen molar-refractivity contribution in [1.82, 2.24) is 0 Å². The molecule has 0 bridgehead atoms.